The Morgan fingerprint density at radius 2 is 0.783 bits per heavy atom. The van der Waals surface area contributed by atoms with Crippen molar-refractivity contribution < 1.29 is 26.3 Å². The van der Waals surface area contributed by atoms with Gasteiger partial charge in [0.15, 0.2) is 11.6 Å². The van der Waals surface area contributed by atoms with Gasteiger partial charge in [-0.3, -0.25) is 0 Å². The minimum atomic E-state index is -5.08. The molecule has 11 heteroatoms. The Bertz CT molecular complexity index is 3570. The lowest BCUT2D eigenvalue weighted by Gasteiger charge is -2.18. The minimum Gasteiger partial charge on any atom is -0.308 e. The molecule has 3 aromatic heterocycles. The molecule has 11 aromatic rings. The Kier molecular flexibility index (Phi) is 10.7. The fourth-order valence-electron chi connectivity index (χ4n) is 8.82. The van der Waals surface area contributed by atoms with E-state index in [9.17, 15) is 26.3 Å². The van der Waals surface area contributed by atoms with Crippen molar-refractivity contribution in [1.29, 1.82) is 0 Å². The van der Waals surface area contributed by atoms with Crippen LogP contribution in [0.4, 0.5) is 26.3 Å². The van der Waals surface area contributed by atoms with Crippen LogP contribution in [0.25, 0.3) is 106 Å². The zero-order valence-electron chi connectivity index (χ0n) is 36.2. The zero-order chi connectivity index (χ0) is 47.3. The first-order chi connectivity index (χ1) is 33.5. The molecule has 0 aliphatic heterocycles. The van der Waals surface area contributed by atoms with Crippen molar-refractivity contribution in [3.8, 4) is 84.6 Å². The van der Waals surface area contributed by atoms with Crippen molar-refractivity contribution in [2.45, 2.75) is 12.4 Å². The van der Waals surface area contributed by atoms with E-state index in [1.165, 1.54) is 6.07 Å². The maximum atomic E-state index is 14.7. The molecule has 0 unspecified atom stereocenters. The predicted molar refractivity (Wildman–Crippen MR) is 260 cm³/mol. The SMILES string of the molecule is FC(F)(F)c1ccc(-c2ccc3c4ccccc4n(-c4ccc(-c5nc(-c6ccccc6)cc(-c6ccccc6)n5)cc4-c4nc(-c5ccccc5)cc(-c5ccccc5)n4)c3c2)c(C(F)(F)F)c1. The molecule has 5 nitrogen and oxygen atoms in total. The van der Waals surface area contributed by atoms with E-state index >= 15 is 0 Å². The Balaban J connectivity index is 1.21. The largest absolute Gasteiger partial charge is 0.417 e. The second kappa shape index (κ2) is 17.2. The van der Waals surface area contributed by atoms with E-state index in [1.807, 2.05) is 180 Å². The van der Waals surface area contributed by atoms with E-state index < -0.39 is 23.5 Å². The Labute approximate surface area is 391 Å². The molecular weight excluding hydrogens is 881 g/mol. The van der Waals surface area contributed by atoms with Gasteiger partial charge in [0.05, 0.1) is 50.6 Å². The van der Waals surface area contributed by atoms with Gasteiger partial charge in [-0.1, -0.05) is 158 Å². The van der Waals surface area contributed by atoms with E-state index in [1.54, 1.807) is 12.1 Å². The summed E-state index contributed by atoms with van der Waals surface area (Å²) < 4.78 is 87.5. The molecule has 0 amide bonds. The van der Waals surface area contributed by atoms with Gasteiger partial charge >= 0.3 is 12.4 Å². The van der Waals surface area contributed by atoms with Crippen LogP contribution in [-0.2, 0) is 12.4 Å². The van der Waals surface area contributed by atoms with Crippen molar-refractivity contribution in [2.24, 2.45) is 0 Å². The molecule has 334 valence electrons. The maximum absolute atomic E-state index is 14.7. The van der Waals surface area contributed by atoms with Gasteiger partial charge in [0.2, 0.25) is 0 Å². The first-order valence-electron chi connectivity index (χ1n) is 21.9. The molecule has 0 atom stereocenters. The highest BCUT2D eigenvalue weighted by Gasteiger charge is 2.38. The zero-order valence-corrected chi connectivity index (χ0v) is 36.2. The second-order valence-electron chi connectivity index (χ2n) is 16.5. The van der Waals surface area contributed by atoms with E-state index in [0.29, 0.717) is 68.2 Å². The molecule has 11 rings (SSSR count). The number of rotatable bonds is 8. The highest BCUT2D eigenvalue weighted by Crippen LogP contribution is 2.44. The molecular formula is C58H35F6N5. The summed E-state index contributed by atoms with van der Waals surface area (Å²) in [5.74, 6) is 0.774. The molecule has 0 saturated heterocycles. The normalized spacial score (nSPS) is 11.9. The van der Waals surface area contributed by atoms with E-state index in [-0.39, 0.29) is 17.2 Å². The molecule has 69 heavy (non-hydrogen) atoms. The van der Waals surface area contributed by atoms with Crippen molar-refractivity contribution in [3.63, 3.8) is 0 Å². The topological polar surface area (TPSA) is 56.5 Å². The lowest BCUT2D eigenvalue weighted by Crippen LogP contribution is -2.12. The average Bonchev–Trinajstić information content (AvgIpc) is 3.72. The minimum absolute atomic E-state index is 0.0824. The summed E-state index contributed by atoms with van der Waals surface area (Å²) in [5, 5.41) is 1.51. The van der Waals surface area contributed by atoms with Gasteiger partial charge in [-0.25, -0.2) is 19.9 Å². The average molecular weight is 916 g/mol. The van der Waals surface area contributed by atoms with E-state index in [2.05, 4.69) is 0 Å². The first kappa shape index (κ1) is 42.9. The van der Waals surface area contributed by atoms with Gasteiger partial charge in [0.1, 0.15) is 0 Å². The summed E-state index contributed by atoms with van der Waals surface area (Å²) in [6.07, 6.45) is -10.1. The number of aromatic nitrogens is 5. The highest BCUT2D eigenvalue weighted by atomic mass is 19.4. The summed E-state index contributed by atoms with van der Waals surface area (Å²) in [6.45, 7) is 0. The number of fused-ring (bicyclic) bond motifs is 3. The van der Waals surface area contributed by atoms with Crippen LogP contribution in [0.15, 0.2) is 212 Å². The summed E-state index contributed by atoms with van der Waals surface area (Å²) >= 11 is 0. The second-order valence-corrected chi connectivity index (χ2v) is 16.5. The summed E-state index contributed by atoms with van der Waals surface area (Å²) in [5.41, 5.74) is 6.10. The molecule has 0 aliphatic rings. The number of hydrogen-bond acceptors (Lipinski definition) is 4. The van der Waals surface area contributed by atoms with Gasteiger partial charge in [-0.2, -0.15) is 26.3 Å². The number of para-hydroxylation sites is 1. The quantitative estimate of drug-likeness (QED) is 0.143. The summed E-state index contributed by atoms with van der Waals surface area (Å²) in [7, 11) is 0. The molecule has 0 radical (unpaired) electrons. The van der Waals surface area contributed by atoms with Gasteiger partial charge in [-0.05, 0) is 65.7 Å². The van der Waals surface area contributed by atoms with Crippen LogP contribution in [0.3, 0.4) is 0 Å². The third kappa shape index (κ3) is 8.28. The summed E-state index contributed by atoms with van der Waals surface area (Å²) in [4.78, 5) is 20.8. The number of hydrogen-bond donors (Lipinski definition) is 0. The fourth-order valence-corrected chi connectivity index (χ4v) is 8.82. The van der Waals surface area contributed by atoms with Crippen molar-refractivity contribution in [1.82, 2.24) is 24.5 Å². The van der Waals surface area contributed by atoms with E-state index in [0.717, 1.165) is 39.2 Å². The van der Waals surface area contributed by atoms with Gasteiger partial charge < -0.3 is 4.57 Å². The predicted octanol–water partition coefficient (Wildman–Crippen LogP) is 16.1. The summed E-state index contributed by atoms with van der Waals surface area (Å²) in [6, 6.07) is 62.9. The molecule has 0 fully saturated rings. The third-order valence-corrected chi connectivity index (χ3v) is 12.1. The lowest BCUT2D eigenvalue weighted by molar-refractivity contribution is -0.142. The lowest BCUT2D eigenvalue weighted by atomic mass is 9.96. The van der Waals surface area contributed by atoms with Gasteiger partial charge in [-0.15, -0.1) is 0 Å². The standard InChI is InChI=1S/C58H35F6N5/c59-57(60,61)42-27-29-43(47(33-42)58(62,63)64)40-25-28-45-44-23-13-14-24-52(44)69(54(45)32-40)53-30-26-41(55-65-48(36-15-5-1-6-16-36)34-49(66-55)37-17-7-2-8-18-37)31-46(53)56-67-50(38-19-9-3-10-20-38)35-51(68-56)39-21-11-4-12-22-39/h1-35H. The Hall–Kier alpha value is -8.70. The number of nitrogens with zero attached hydrogens (tertiary/aromatic N) is 5. The number of alkyl halides is 6. The first-order valence-corrected chi connectivity index (χ1v) is 21.9. The molecule has 0 aliphatic carbocycles. The third-order valence-electron chi connectivity index (χ3n) is 12.1. The van der Waals surface area contributed by atoms with Crippen LogP contribution in [0.2, 0.25) is 0 Å². The molecule has 0 bridgehead atoms. The van der Waals surface area contributed by atoms with Crippen LogP contribution in [-0.4, -0.2) is 24.5 Å². The van der Waals surface area contributed by atoms with Crippen molar-refractivity contribution in [2.75, 3.05) is 0 Å². The Morgan fingerprint density at radius 3 is 1.29 bits per heavy atom. The van der Waals surface area contributed by atoms with Crippen LogP contribution in [0, 0.1) is 0 Å². The van der Waals surface area contributed by atoms with E-state index in [4.69, 9.17) is 19.9 Å². The van der Waals surface area contributed by atoms with Crippen molar-refractivity contribution in [3.05, 3.63) is 223 Å². The van der Waals surface area contributed by atoms with Crippen LogP contribution >= 0.6 is 0 Å². The van der Waals surface area contributed by atoms with Gasteiger partial charge in [0, 0.05) is 44.2 Å². The van der Waals surface area contributed by atoms with Crippen LogP contribution in [0.5, 0.6) is 0 Å². The number of halogens is 6. The van der Waals surface area contributed by atoms with Gasteiger partial charge in [0.25, 0.3) is 0 Å². The maximum Gasteiger partial charge on any atom is 0.417 e. The Morgan fingerprint density at radius 1 is 0.319 bits per heavy atom. The molecule has 8 aromatic carbocycles. The smallest absolute Gasteiger partial charge is 0.308 e. The number of benzene rings is 8. The monoisotopic (exact) mass is 915 g/mol. The fraction of sp³-hybridized carbons (Fsp3) is 0.0345. The van der Waals surface area contributed by atoms with Crippen molar-refractivity contribution >= 4 is 21.8 Å². The molecule has 0 spiro atoms. The highest BCUT2D eigenvalue weighted by molar-refractivity contribution is 6.11. The molecule has 3 heterocycles. The van der Waals surface area contributed by atoms with Crippen LogP contribution in [0.1, 0.15) is 11.1 Å². The molecule has 0 saturated carbocycles. The van der Waals surface area contributed by atoms with Crippen LogP contribution < -0.4 is 0 Å². The molecule has 0 N–H and O–H groups in total.